The van der Waals surface area contributed by atoms with E-state index < -0.39 is 5.54 Å². The number of aryl methyl sites for hydroxylation is 1. The Kier molecular flexibility index (Phi) is 8.97. The van der Waals surface area contributed by atoms with Crippen LogP contribution in [0.25, 0.3) is 0 Å². The Balaban J connectivity index is 1.64. The number of nitrogens with two attached hydrogens (primary N) is 1. The topological polar surface area (TPSA) is 81.8 Å². The zero-order chi connectivity index (χ0) is 23.0. The third-order valence-electron chi connectivity index (χ3n) is 4.84. The molecule has 32 heavy (non-hydrogen) atoms. The van der Waals surface area contributed by atoms with Crippen molar-refractivity contribution in [1.29, 1.82) is 0 Å². The first-order valence-electron chi connectivity index (χ1n) is 10.1. The van der Waals surface area contributed by atoms with Crippen LogP contribution in [0.2, 0.25) is 5.02 Å². The second-order valence-corrected chi connectivity index (χ2v) is 9.69. The molecule has 8 heteroatoms. The standard InChI is InChI=1S/C24H25ClNO4PS/c1-24(26,16-30-31-28)12-11-18-7-9-20(14-21(18)25)32-23-13-19(8-10-22(23)27)29-15-17-5-3-2-4-6-17/h2-10,13-14,27H,11-12,15-16,26H2,1H3/t24-/m0/s1. The highest BCUT2D eigenvalue weighted by molar-refractivity contribution is 7.99. The summed E-state index contributed by atoms with van der Waals surface area (Å²) in [4.78, 5) is 1.58. The first-order valence-corrected chi connectivity index (χ1v) is 12.0. The molecule has 0 aromatic heterocycles. The number of halogens is 1. The molecule has 0 saturated heterocycles. The second kappa shape index (κ2) is 11.7. The van der Waals surface area contributed by atoms with Crippen LogP contribution < -0.4 is 10.5 Å². The lowest BCUT2D eigenvalue weighted by molar-refractivity contribution is 0.238. The summed E-state index contributed by atoms with van der Waals surface area (Å²) in [5, 5.41) is 10.9. The molecule has 168 valence electrons. The van der Waals surface area contributed by atoms with E-state index in [2.05, 4.69) is 0 Å². The SMILES string of the molecule is C[C@](N)(CCc1ccc(Sc2cc(OCc3ccccc3)ccc2O)cc1Cl)COP=O. The van der Waals surface area contributed by atoms with E-state index in [-0.39, 0.29) is 21.0 Å². The molecule has 3 N–H and O–H groups in total. The van der Waals surface area contributed by atoms with Crippen LogP contribution >= 0.6 is 32.0 Å². The highest BCUT2D eigenvalue weighted by Gasteiger charge is 2.19. The Morgan fingerprint density at radius 1 is 1.12 bits per heavy atom. The van der Waals surface area contributed by atoms with Gasteiger partial charge < -0.3 is 15.6 Å². The number of benzene rings is 3. The maximum Gasteiger partial charge on any atom is 0.327 e. The number of phenolic OH excluding ortho intramolecular Hbond substituents is 1. The monoisotopic (exact) mass is 489 g/mol. The van der Waals surface area contributed by atoms with Crippen LogP contribution in [0.1, 0.15) is 24.5 Å². The van der Waals surface area contributed by atoms with E-state index >= 15 is 0 Å². The highest BCUT2D eigenvalue weighted by atomic mass is 35.5. The van der Waals surface area contributed by atoms with Gasteiger partial charge in [0.1, 0.15) is 18.1 Å². The third-order valence-corrected chi connectivity index (χ3v) is 6.47. The van der Waals surface area contributed by atoms with E-state index in [9.17, 15) is 9.67 Å². The van der Waals surface area contributed by atoms with E-state index in [1.807, 2.05) is 61.5 Å². The summed E-state index contributed by atoms with van der Waals surface area (Å²) in [7, 11) is -0.371. The van der Waals surface area contributed by atoms with Crippen molar-refractivity contribution in [3.8, 4) is 11.5 Å². The van der Waals surface area contributed by atoms with E-state index in [4.69, 9.17) is 26.6 Å². The Bertz CT molecular complexity index is 1050. The van der Waals surface area contributed by atoms with Gasteiger partial charge >= 0.3 is 8.69 Å². The van der Waals surface area contributed by atoms with Crippen molar-refractivity contribution in [3.63, 3.8) is 0 Å². The Morgan fingerprint density at radius 2 is 1.91 bits per heavy atom. The van der Waals surface area contributed by atoms with Crippen molar-refractivity contribution in [1.82, 2.24) is 0 Å². The zero-order valence-electron chi connectivity index (χ0n) is 17.7. The average molecular weight is 490 g/mol. The molecular weight excluding hydrogens is 465 g/mol. The van der Waals surface area contributed by atoms with Gasteiger partial charge in [-0.05, 0) is 61.2 Å². The largest absolute Gasteiger partial charge is 0.507 e. The Morgan fingerprint density at radius 3 is 2.62 bits per heavy atom. The van der Waals surface area contributed by atoms with E-state index in [0.717, 1.165) is 16.0 Å². The smallest absolute Gasteiger partial charge is 0.327 e. The molecule has 0 heterocycles. The van der Waals surface area contributed by atoms with Gasteiger partial charge in [0.05, 0.1) is 11.5 Å². The van der Waals surface area contributed by atoms with Gasteiger partial charge in [-0.15, -0.1) is 0 Å². The van der Waals surface area contributed by atoms with Gasteiger partial charge in [0.2, 0.25) is 0 Å². The van der Waals surface area contributed by atoms with Crippen molar-refractivity contribution in [2.24, 2.45) is 5.73 Å². The lowest BCUT2D eigenvalue weighted by Crippen LogP contribution is -2.40. The molecule has 0 aliphatic rings. The van der Waals surface area contributed by atoms with Gasteiger partial charge in [-0.1, -0.05) is 59.8 Å². The summed E-state index contributed by atoms with van der Waals surface area (Å²) in [6.45, 7) is 2.51. The minimum Gasteiger partial charge on any atom is -0.507 e. The van der Waals surface area contributed by atoms with Crippen LogP contribution in [0, 0.1) is 0 Å². The molecule has 1 atom stereocenters. The molecule has 0 fully saturated rings. The molecule has 0 unspecified atom stereocenters. The number of aromatic hydroxyl groups is 1. The van der Waals surface area contributed by atoms with Crippen LogP contribution in [-0.2, 0) is 22.1 Å². The molecular formula is C24H25ClNO4PS. The van der Waals surface area contributed by atoms with Crippen LogP contribution in [0.15, 0.2) is 76.5 Å². The number of rotatable bonds is 11. The summed E-state index contributed by atoms with van der Waals surface area (Å²) >= 11 is 7.91. The number of ether oxygens (including phenoxy) is 1. The van der Waals surface area contributed by atoms with Crippen molar-refractivity contribution < 1.29 is 18.9 Å². The maximum absolute atomic E-state index is 10.5. The maximum atomic E-state index is 10.5. The fourth-order valence-corrected chi connectivity index (χ4v) is 4.60. The highest BCUT2D eigenvalue weighted by Crippen LogP contribution is 2.38. The van der Waals surface area contributed by atoms with Crippen LogP contribution in [-0.4, -0.2) is 17.3 Å². The average Bonchev–Trinajstić information content (AvgIpc) is 2.78. The van der Waals surface area contributed by atoms with Gasteiger partial charge in [-0.3, -0.25) is 4.52 Å². The normalized spacial score (nSPS) is 13.1. The van der Waals surface area contributed by atoms with E-state index in [1.165, 1.54) is 11.8 Å². The van der Waals surface area contributed by atoms with Gasteiger partial charge in [-0.2, -0.15) is 0 Å². The molecule has 3 aromatic rings. The van der Waals surface area contributed by atoms with Crippen molar-refractivity contribution in [3.05, 3.63) is 82.9 Å². The molecule has 3 aromatic carbocycles. The molecule has 0 aliphatic heterocycles. The van der Waals surface area contributed by atoms with Crippen LogP contribution in [0.4, 0.5) is 0 Å². The fraction of sp³-hybridized carbons (Fsp3) is 0.250. The minimum absolute atomic E-state index is 0.179. The quantitative estimate of drug-likeness (QED) is 0.293. The van der Waals surface area contributed by atoms with Crippen molar-refractivity contribution >= 4 is 32.0 Å². The Labute approximate surface area is 199 Å². The molecule has 5 nitrogen and oxygen atoms in total. The predicted molar refractivity (Wildman–Crippen MR) is 129 cm³/mol. The molecule has 0 amide bonds. The summed E-state index contributed by atoms with van der Waals surface area (Å²) in [6.07, 6.45) is 1.31. The van der Waals surface area contributed by atoms with Crippen LogP contribution in [0.3, 0.4) is 0 Å². The first-order chi connectivity index (χ1) is 15.4. The third kappa shape index (κ3) is 7.51. The molecule has 0 spiro atoms. The molecule has 0 aliphatic carbocycles. The molecule has 3 rings (SSSR count). The molecule has 0 radical (unpaired) electrons. The van der Waals surface area contributed by atoms with Gasteiger partial charge in [0, 0.05) is 15.5 Å². The van der Waals surface area contributed by atoms with E-state index in [0.29, 0.717) is 35.1 Å². The van der Waals surface area contributed by atoms with Crippen molar-refractivity contribution in [2.75, 3.05) is 6.61 Å². The van der Waals surface area contributed by atoms with Gasteiger partial charge in [0.25, 0.3) is 0 Å². The number of hydrogen-bond donors (Lipinski definition) is 2. The zero-order valence-corrected chi connectivity index (χ0v) is 20.1. The predicted octanol–water partition coefficient (Wildman–Crippen LogP) is 6.65. The first kappa shape index (κ1) is 24.6. The van der Waals surface area contributed by atoms with E-state index in [1.54, 1.807) is 12.1 Å². The second-order valence-electron chi connectivity index (χ2n) is 7.76. The lowest BCUT2D eigenvalue weighted by Gasteiger charge is -2.22. The molecule has 0 saturated carbocycles. The Hall–Kier alpha value is -2.08. The van der Waals surface area contributed by atoms with Crippen LogP contribution in [0.5, 0.6) is 11.5 Å². The number of hydrogen-bond acceptors (Lipinski definition) is 6. The van der Waals surface area contributed by atoms with Crippen molar-refractivity contribution in [2.45, 2.75) is 41.7 Å². The van der Waals surface area contributed by atoms with Gasteiger partial charge in [-0.25, -0.2) is 4.57 Å². The molecule has 0 bridgehead atoms. The summed E-state index contributed by atoms with van der Waals surface area (Å²) in [6, 6.07) is 20.9. The summed E-state index contributed by atoms with van der Waals surface area (Å²) in [5.74, 6) is 0.859. The fourth-order valence-electron chi connectivity index (χ4n) is 2.99. The summed E-state index contributed by atoms with van der Waals surface area (Å²) in [5.41, 5.74) is 7.62. The summed E-state index contributed by atoms with van der Waals surface area (Å²) < 4.78 is 21.2. The lowest BCUT2D eigenvalue weighted by atomic mass is 9.95. The van der Waals surface area contributed by atoms with Gasteiger partial charge in [0.15, 0.2) is 0 Å². The minimum atomic E-state index is -0.597. The number of phenols is 1.